The number of non-ortho nitro benzene ring substituents is 1. The van der Waals surface area contributed by atoms with E-state index in [1.165, 1.54) is 48.0 Å². The van der Waals surface area contributed by atoms with Gasteiger partial charge in [-0.3, -0.25) is 19.6 Å². The van der Waals surface area contributed by atoms with Crippen molar-refractivity contribution in [3.05, 3.63) is 69.9 Å². The zero-order chi connectivity index (χ0) is 21.8. The van der Waals surface area contributed by atoms with Crippen molar-refractivity contribution in [1.29, 1.82) is 0 Å². The number of fused-ring (bicyclic) bond motifs is 1. The van der Waals surface area contributed by atoms with E-state index >= 15 is 0 Å². The predicted molar refractivity (Wildman–Crippen MR) is 111 cm³/mol. The van der Waals surface area contributed by atoms with E-state index in [2.05, 4.69) is 0 Å². The summed E-state index contributed by atoms with van der Waals surface area (Å²) in [6.45, 7) is 2.15. The number of aromatic nitrogens is 1. The highest BCUT2D eigenvalue weighted by Crippen LogP contribution is 2.27. The van der Waals surface area contributed by atoms with Crippen molar-refractivity contribution in [2.24, 2.45) is 0 Å². The highest BCUT2D eigenvalue weighted by molar-refractivity contribution is 5.94. The number of anilines is 1. The first-order valence-corrected chi connectivity index (χ1v) is 9.15. The van der Waals surface area contributed by atoms with Crippen LogP contribution in [-0.2, 0) is 15.9 Å². The summed E-state index contributed by atoms with van der Waals surface area (Å²) in [6, 6.07) is 11.4. The maximum absolute atomic E-state index is 12.3. The van der Waals surface area contributed by atoms with Gasteiger partial charge < -0.3 is 9.47 Å². The standard InChI is InChI=1S/C21H21N3O6/c1-14-5-4-6-18-15(13-23(19(14)18)21(26)30-3)11-12-22(20(25)29-2)16-7-9-17(10-8-16)24(27)28/h4-10,13H,11-12H2,1-3H3. The Morgan fingerprint density at radius 3 is 2.40 bits per heavy atom. The fraction of sp³-hybridized carbons (Fsp3) is 0.238. The van der Waals surface area contributed by atoms with Gasteiger partial charge in [0.1, 0.15) is 0 Å². The van der Waals surface area contributed by atoms with E-state index in [0.29, 0.717) is 12.1 Å². The molecule has 30 heavy (non-hydrogen) atoms. The summed E-state index contributed by atoms with van der Waals surface area (Å²) < 4.78 is 11.2. The van der Waals surface area contributed by atoms with E-state index in [0.717, 1.165) is 22.0 Å². The van der Waals surface area contributed by atoms with Gasteiger partial charge in [-0.25, -0.2) is 9.59 Å². The second kappa shape index (κ2) is 8.64. The van der Waals surface area contributed by atoms with Crippen molar-refractivity contribution < 1.29 is 24.0 Å². The van der Waals surface area contributed by atoms with Gasteiger partial charge in [0.05, 0.1) is 24.7 Å². The summed E-state index contributed by atoms with van der Waals surface area (Å²) in [5, 5.41) is 11.8. The lowest BCUT2D eigenvalue weighted by molar-refractivity contribution is -0.384. The molecule has 0 saturated carbocycles. The van der Waals surface area contributed by atoms with Gasteiger partial charge in [0.15, 0.2) is 0 Å². The highest BCUT2D eigenvalue weighted by Gasteiger charge is 2.20. The maximum Gasteiger partial charge on any atom is 0.418 e. The molecule has 1 heterocycles. The van der Waals surface area contributed by atoms with Gasteiger partial charge in [-0.15, -0.1) is 0 Å². The lowest BCUT2D eigenvalue weighted by Crippen LogP contribution is -2.32. The molecule has 2 aromatic carbocycles. The molecule has 3 rings (SSSR count). The number of methoxy groups -OCH3 is 2. The molecular formula is C21H21N3O6. The van der Waals surface area contributed by atoms with Crippen molar-refractivity contribution in [2.45, 2.75) is 13.3 Å². The molecule has 9 heteroatoms. The van der Waals surface area contributed by atoms with Crippen molar-refractivity contribution in [3.63, 3.8) is 0 Å². The summed E-state index contributed by atoms with van der Waals surface area (Å²) >= 11 is 0. The number of nitro benzene ring substituents is 1. The largest absolute Gasteiger partial charge is 0.452 e. The molecule has 0 aliphatic rings. The lowest BCUT2D eigenvalue weighted by atomic mass is 10.1. The second-order valence-electron chi connectivity index (χ2n) is 6.61. The summed E-state index contributed by atoms with van der Waals surface area (Å²) in [5.41, 5.74) is 2.93. The van der Waals surface area contributed by atoms with E-state index < -0.39 is 17.1 Å². The molecule has 1 amide bonds. The molecule has 0 unspecified atom stereocenters. The average Bonchev–Trinajstić information content (AvgIpc) is 3.13. The molecule has 0 atom stereocenters. The zero-order valence-corrected chi connectivity index (χ0v) is 16.8. The third-order valence-corrected chi connectivity index (χ3v) is 4.85. The number of para-hydroxylation sites is 1. The number of carbonyl (C=O) groups is 2. The normalized spacial score (nSPS) is 10.6. The first kappa shape index (κ1) is 20.8. The van der Waals surface area contributed by atoms with Crippen molar-refractivity contribution in [1.82, 2.24) is 4.57 Å². The number of carbonyl (C=O) groups excluding carboxylic acids is 2. The van der Waals surface area contributed by atoms with Gasteiger partial charge in [0, 0.05) is 35.9 Å². The first-order valence-electron chi connectivity index (χ1n) is 9.15. The number of hydrogen-bond donors (Lipinski definition) is 0. The molecule has 0 aliphatic heterocycles. The Hall–Kier alpha value is -3.88. The number of ether oxygens (including phenoxy) is 2. The predicted octanol–water partition coefficient (Wildman–Crippen LogP) is 4.29. The monoisotopic (exact) mass is 411 g/mol. The zero-order valence-electron chi connectivity index (χ0n) is 16.8. The van der Waals surface area contributed by atoms with Gasteiger partial charge in [0.2, 0.25) is 0 Å². The van der Waals surface area contributed by atoms with Gasteiger partial charge in [-0.2, -0.15) is 0 Å². The van der Waals surface area contributed by atoms with Crippen LogP contribution < -0.4 is 4.90 Å². The van der Waals surface area contributed by atoms with Gasteiger partial charge in [-0.1, -0.05) is 18.2 Å². The number of aryl methyl sites for hydroxylation is 1. The number of rotatable bonds is 5. The van der Waals surface area contributed by atoms with Gasteiger partial charge in [-0.05, 0) is 36.6 Å². The van der Waals surface area contributed by atoms with Gasteiger partial charge >= 0.3 is 12.2 Å². The summed E-state index contributed by atoms with van der Waals surface area (Å²) in [6.07, 6.45) is 1.04. The Kier molecular flexibility index (Phi) is 6.01. The van der Waals surface area contributed by atoms with Crippen LogP contribution in [0.5, 0.6) is 0 Å². The van der Waals surface area contributed by atoms with E-state index in [-0.39, 0.29) is 12.2 Å². The molecule has 3 aromatic rings. The third-order valence-electron chi connectivity index (χ3n) is 4.85. The Labute approximate surface area is 172 Å². The number of amides is 1. The van der Waals surface area contributed by atoms with Crippen LogP contribution in [-0.4, -0.2) is 42.4 Å². The van der Waals surface area contributed by atoms with Crippen LogP contribution in [0.25, 0.3) is 10.9 Å². The molecule has 156 valence electrons. The SMILES string of the molecule is COC(=O)N(CCc1cn(C(=O)OC)c2c(C)cccc12)c1ccc([N+](=O)[O-])cc1. The lowest BCUT2D eigenvalue weighted by Gasteiger charge is -2.21. The summed E-state index contributed by atoms with van der Waals surface area (Å²) in [7, 11) is 2.59. The minimum Gasteiger partial charge on any atom is -0.452 e. The Bertz CT molecular complexity index is 1100. The molecule has 0 saturated heterocycles. The third kappa shape index (κ3) is 3.95. The Morgan fingerprint density at radius 2 is 1.80 bits per heavy atom. The van der Waals surface area contributed by atoms with Crippen LogP contribution in [0.15, 0.2) is 48.7 Å². The van der Waals surface area contributed by atoms with Crippen LogP contribution in [0.2, 0.25) is 0 Å². The highest BCUT2D eigenvalue weighted by atomic mass is 16.6. The van der Waals surface area contributed by atoms with Crippen LogP contribution in [0, 0.1) is 17.0 Å². The summed E-state index contributed by atoms with van der Waals surface area (Å²) in [5.74, 6) is 0. The fourth-order valence-corrected chi connectivity index (χ4v) is 3.39. The van der Waals surface area contributed by atoms with Crippen molar-refractivity contribution >= 4 is 34.5 Å². The maximum atomic E-state index is 12.3. The molecule has 1 aromatic heterocycles. The molecule has 0 aliphatic carbocycles. The number of hydrogen-bond acceptors (Lipinski definition) is 6. The van der Waals surface area contributed by atoms with Crippen LogP contribution in [0.1, 0.15) is 11.1 Å². The first-order chi connectivity index (χ1) is 14.4. The van der Waals surface area contributed by atoms with Crippen LogP contribution >= 0.6 is 0 Å². The summed E-state index contributed by atoms with van der Waals surface area (Å²) in [4.78, 5) is 36.3. The quantitative estimate of drug-likeness (QED) is 0.458. The number of nitro groups is 1. The minimum absolute atomic E-state index is 0.0693. The molecule has 9 nitrogen and oxygen atoms in total. The number of benzene rings is 2. The minimum atomic E-state index is -0.586. The molecule has 0 radical (unpaired) electrons. The molecule has 0 bridgehead atoms. The average molecular weight is 411 g/mol. The van der Waals surface area contributed by atoms with E-state index in [1.807, 2.05) is 25.1 Å². The van der Waals surface area contributed by atoms with E-state index in [9.17, 15) is 19.7 Å². The van der Waals surface area contributed by atoms with Crippen LogP contribution in [0.4, 0.5) is 21.0 Å². The smallest absolute Gasteiger partial charge is 0.418 e. The van der Waals surface area contributed by atoms with Crippen molar-refractivity contribution in [3.8, 4) is 0 Å². The van der Waals surface area contributed by atoms with E-state index in [1.54, 1.807) is 6.20 Å². The molecule has 0 spiro atoms. The second-order valence-corrected chi connectivity index (χ2v) is 6.61. The Morgan fingerprint density at radius 1 is 1.10 bits per heavy atom. The number of nitrogens with zero attached hydrogens (tertiary/aromatic N) is 3. The van der Waals surface area contributed by atoms with Gasteiger partial charge in [0.25, 0.3) is 5.69 Å². The Balaban J connectivity index is 1.93. The molecule has 0 N–H and O–H groups in total. The molecular weight excluding hydrogens is 390 g/mol. The van der Waals surface area contributed by atoms with Crippen LogP contribution in [0.3, 0.4) is 0 Å². The molecule has 0 fully saturated rings. The van der Waals surface area contributed by atoms with Crippen molar-refractivity contribution in [2.75, 3.05) is 25.7 Å². The fourth-order valence-electron chi connectivity index (χ4n) is 3.39. The van der Waals surface area contributed by atoms with E-state index in [4.69, 9.17) is 9.47 Å². The topological polar surface area (TPSA) is 104 Å².